The molecule has 0 bridgehead atoms. The van der Waals surface area contributed by atoms with Gasteiger partial charge in [-0.05, 0) is 51.4 Å². The number of nitrogens with one attached hydrogen (secondary N) is 1. The van der Waals surface area contributed by atoms with Crippen molar-refractivity contribution in [2.75, 3.05) is 32.1 Å². The maximum absolute atomic E-state index is 11.7. The van der Waals surface area contributed by atoms with Crippen molar-refractivity contribution in [2.24, 2.45) is 0 Å². The first-order valence-electron chi connectivity index (χ1n) is 7.20. The molecule has 1 amide bonds. The quantitative estimate of drug-likeness (QED) is 0.575. The largest absolute Gasteiger partial charge is 0.480 e. The second kappa shape index (κ2) is 12.0. The summed E-state index contributed by atoms with van der Waals surface area (Å²) in [6, 6.07) is -0.757. The summed E-state index contributed by atoms with van der Waals surface area (Å²) < 4.78 is 0. The van der Waals surface area contributed by atoms with Crippen LogP contribution in [0.25, 0.3) is 0 Å². The summed E-state index contributed by atoms with van der Waals surface area (Å²) in [4.78, 5) is 24.9. The molecule has 0 aliphatic carbocycles. The number of carboxylic acids is 1. The topological polar surface area (TPSA) is 69.6 Å². The average Bonchev–Trinajstić information content (AvgIpc) is 2.40. The predicted molar refractivity (Wildman–Crippen MR) is 84.2 cm³/mol. The van der Waals surface area contributed by atoms with Crippen LogP contribution in [0.5, 0.6) is 0 Å². The Bertz CT molecular complexity index is 288. The molecular formula is C14H28N2O3S. The lowest BCUT2D eigenvalue weighted by molar-refractivity contribution is -0.141. The van der Waals surface area contributed by atoms with Gasteiger partial charge in [-0.15, -0.1) is 0 Å². The highest BCUT2D eigenvalue weighted by molar-refractivity contribution is 7.98. The summed E-state index contributed by atoms with van der Waals surface area (Å²) in [7, 11) is 2.05. The first-order chi connectivity index (χ1) is 9.51. The minimum absolute atomic E-state index is 0.164. The van der Waals surface area contributed by atoms with Crippen molar-refractivity contribution in [2.45, 2.75) is 45.1 Å². The van der Waals surface area contributed by atoms with Crippen molar-refractivity contribution in [3.8, 4) is 0 Å². The van der Waals surface area contributed by atoms with Gasteiger partial charge in [0.2, 0.25) is 5.91 Å². The predicted octanol–water partition coefficient (Wildman–Crippen LogP) is 1.82. The van der Waals surface area contributed by atoms with E-state index in [1.165, 1.54) is 12.8 Å². The lowest BCUT2D eigenvalue weighted by Crippen LogP contribution is -2.41. The van der Waals surface area contributed by atoms with E-state index < -0.39 is 12.0 Å². The molecule has 0 rings (SSSR count). The van der Waals surface area contributed by atoms with Crippen molar-refractivity contribution in [1.29, 1.82) is 0 Å². The van der Waals surface area contributed by atoms with Gasteiger partial charge in [-0.2, -0.15) is 11.8 Å². The Labute approximate surface area is 126 Å². The zero-order valence-corrected chi connectivity index (χ0v) is 13.7. The molecule has 0 aromatic carbocycles. The Hall–Kier alpha value is -0.750. The number of carboxylic acid groups (broad SMARTS) is 1. The fourth-order valence-electron chi connectivity index (χ4n) is 1.81. The first-order valence-corrected chi connectivity index (χ1v) is 8.60. The van der Waals surface area contributed by atoms with Crippen LogP contribution in [0.1, 0.15) is 39.0 Å². The van der Waals surface area contributed by atoms with E-state index in [2.05, 4.69) is 17.1 Å². The fraction of sp³-hybridized carbons (Fsp3) is 0.857. The van der Waals surface area contributed by atoms with Gasteiger partial charge in [-0.25, -0.2) is 4.79 Å². The maximum Gasteiger partial charge on any atom is 0.326 e. The third kappa shape index (κ3) is 10.1. The molecule has 0 saturated heterocycles. The van der Waals surface area contributed by atoms with Gasteiger partial charge in [-0.1, -0.05) is 13.3 Å². The summed E-state index contributed by atoms with van der Waals surface area (Å²) in [6.45, 7) is 4.07. The smallest absolute Gasteiger partial charge is 0.326 e. The lowest BCUT2D eigenvalue weighted by atomic mass is 10.2. The molecule has 1 unspecified atom stereocenters. The third-order valence-corrected chi connectivity index (χ3v) is 3.72. The Balaban J connectivity index is 3.87. The molecule has 0 saturated carbocycles. The molecule has 0 spiro atoms. The van der Waals surface area contributed by atoms with E-state index in [1.807, 2.05) is 13.3 Å². The Kier molecular flexibility index (Phi) is 11.6. The SMILES string of the molecule is CCCCN(C)CCCC(=O)NC(CCSC)C(=O)O. The molecule has 6 heteroatoms. The highest BCUT2D eigenvalue weighted by atomic mass is 32.2. The van der Waals surface area contributed by atoms with Gasteiger partial charge in [0.15, 0.2) is 0 Å². The highest BCUT2D eigenvalue weighted by Crippen LogP contribution is 2.02. The number of amides is 1. The second-order valence-electron chi connectivity index (χ2n) is 5.00. The van der Waals surface area contributed by atoms with Crippen LogP contribution < -0.4 is 5.32 Å². The number of rotatable bonds is 12. The number of carbonyl (C=O) groups excluding carboxylic acids is 1. The van der Waals surface area contributed by atoms with E-state index in [0.717, 1.165) is 25.3 Å². The minimum Gasteiger partial charge on any atom is -0.480 e. The Morgan fingerprint density at radius 2 is 1.95 bits per heavy atom. The van der Waals surface area contributed by atoms with Crippen LogP contribution in [0.15, 0.2) is 0 Å². The van der Waals surface area contributed by atoms with Gasteiger partial charge >= 0.3 is 5.97 Å². The molecule has 5 nitrogen and oxygen atoms in total. The first kappa shape index (κ1) is 19.2. The zero-order valence-electron chi connectivity index (χ0n) is 12.9. The number of nitrogens with zero attached hydrogens (tertiary/aromatic N) is 1. The third-order valence-electron chi connectivity index (χ3n) is 3.08. The molecule has 0 heterocycles. The molecule has 0 aliphatic rings. The van der Waals surface area contributed by atoms with Crippen LogP contribution in [-0.2, 0) is 9.59 Å². The molecular weight excluding hydrogens is 276 g/mol. The zero-order chi connectivity index (χ0) is 15.4. The van der Waals surface area contributed by atoms with Crippen molar-refractivity contribution in [3.63, 3.8) is 0 Å². The molecule has 0 aromatic heterocycles. The van der Waals surface area contributed by atoms with Crippen LogP contribution >= 0.6 is 11.8 Å². The van der Waals surface area contributed by atoms with E-state index in [9.17, 15) is 9.59 Å². The standard InChI is InChI=1S/C14H28N2O3S/c1-4-5-9-16(2)10-6-7-13(17)15-12(14(18)19)8-11-20-3/h12H,4-11H2,1-3H3,(H,15,17)(H,18,19). The lowest BCUT2D eigenvalue weighted by Gasteiger charge is -2.17. The van der Waals surface area contributed by atoms with Gasteiger partial charge in [-0.3, -0.25) is 4.79 Å². The van der Waals surface area contributed by atoms with E-state index >= 15 is 0 Å². The molecule has 2 N–H and O–H groups in total. The summed E-state index contributed by atoms with van der Waals surface area (Å²) in [6.07, 6.45) is 5.88. The van der Waals surface area contributed by atoms with Crippen LogP contribution in [0.4, 0.5) is 0 Å². The highest BCUT2D eigenvalue weighted by Gasteiger charge is 2.18. The van der Waals surface area contributed by atoms with E-state index in [-0.39, 0.29) is 5.91 Å². The molecule has 0 aromatic rings. The van der Waals surface area contributed by atoms with E-state index in [1.54, 1.807) is 11.8 Å². The number of carbonyl (C=O) groups is 2. The summed E-state index contributed by atoms with van der Waals surface area (Å²) in [5.74, 6) is -0.383. The summed E-state index contributed by atoms with van der Waals surface area (Å²) in [5.41, 5.74) is 0. The molecule has 0 fully saturated rings. The van der Waals surface area contributed by atoms with E-state index in [4.69, 9.17) is 5.11 Å². The molecule has 20 heavy (non-hydrogen) atoms. The average molecular weight is 304 g/mol. The Morgan fingerprint density at radius 1 is 1.30 bits per heavy atom. The van der Waals surface area contributed by atoms with Crippen molar-refractivity contribution in [3.05, 3.63) is 0 Å². The maximum atomic E-state index is 11.7. The summed E-state index contributed by atoms with van der Waals surface area (Å²) >= 11 is 1.58. The molecule has 1 atom stereocenters. The van der Waals surface area contributed by atoms with Crippen LogP contribution in [0, 0.1) is 0 Å². The van der Waals surface area contributed by atoms with E-state index in [0.29, 0.717) is 12.8 Å². The van der Waals surface area contributed by atoms with Crippen molar-refractivity contribution >= 4 is 23.6 Å². The molecule has 118 valence electrons. The van der Waals surface area contributed by atoms with Gasteiger partial charge in [0.25, 0.3) is 0 Å². The Morgan fingerprint density at radius 3 is 2.50 bits per heavy atom. The second-order valence-corrected chi connectivity index (χ2v) is 5.99. The van der Waals surface area contributed by atoms with Crippen molar-refractivity contribution in [1.82, 2.24) is 10.2 Å². The van der Waals surface area contributed by atoms with Crippen LogP contribution in [0.3, 0.4) is 0 Å². The van der Waals surface area contributed by atoms with Crippen LogP contribution in [-0.4, -0.2) is 60.1 Å². The molecule has 0 aliphatic heterocycles. The van der Waals surface area contributed by atoms with Gasteiger partial charge in [0, 0.05) is 6.42 Å². The van der Waals surface area contributed by atoms with Crippen molar-refractivity contribution < 1.29 is 14.7 Å². The monoisotopic (exact) mass is 304 g/mol. The molecule has 0 radical (unpaired) electrons. The number of thioether (sulfide) groups is 1. The normalized spacial score (nSPS) is 12.4. The van der Waals surface area contributed by atoms with Crippen LogP contribution in [0.2, 0.25) is 0 Å². The van der Waals surface area contributed by atoms with Gasteiger partial charge < -0.3 is 15.3 Å². The van der Waals surface area contributed by atoms with Gasteiger partial charge in [0.05, 0.1) is 0 Å². The number of hydrogen-bond donors (Lipinski definition) is 2. The number of hydrogen-bond acceptors (Lipinski definition) is 4. The number of unbranched alkanes of at least 4 members (excludes halogenated alkanes) is 1. The fourth-order valence-corrected chi connectivity index (χ4v) is 2.28. The number of aliphatic carboxylic acids is 1. The van der Waals surface area contributed by atoms with Gasteiger partial charge in [0.1, 0.15) is 6.04 Å². The summed E-state index contributed by atoms with van der Waals surface area (Å²) in [5, 5.41) is 11.6. The minimum atomic E-state index is -0.951.